The number of para-hydroxylation sites is 1. The normalized spacial score (nSPS) is 22.7. The van der Waals surface area contributed by atoms with E-state index in [2.05, 4.69) is 16.2 Å². The van der Waals surface area contributed by atoms with Gasteiger partial charge in [-0.1, -0.05) is 18.6 Å². The van der Waals surface area contributed by atoms with Gasteiger partial charge in [0.05, 0.1) is 28.9 Å². The van der Waals surface area contributed by atoms with E-state index in [9.17, 15) is 10.2 Å². The highest BCUT2D eigenvalue weighted by atomic mass is 16.3. The first-order chi connectivity index (χ1) is 11.6. The molecule has 1 aliphatic heterocycles. The molecule has 2 aliphatic rings. The fourth-order valence-corrected chi connectivity index (χ4v) is 3.23. The van der Waals surface area contributed by atoms with Crippen molar-refractivity contribution in [2.24, 2.45) is 27.6 Å². The molecule has 3 rings (SSSR count). The molecule has 0 bridgehead atoms. The second-order valence-electron chi connectivity index (χ2n) is 5.96. The third-order valence-electron chi connectivity index (χ3n) is 4.73. The van der Waals surface area contributed by atoms with Crippen LogP contribution in [0.3, 0.4) is 0 Å². The maximum atomic E-state index is 11.0. The summed E-state index contributed by atoms with van der Waals surface area (Å²) in [6, 6.07) is 7.22. The number of rotatable bonds is 3. The summed E-state index contributed by atoms with van der Waals surface area (Å²) < 4.78 is 0. The molecule has 0 radical (unpaired) electrons. The minimum Gasteiger partial charge on any atom is -0.404 e. The van der Waals surface area contributed by atoms with E-state index < -0.39 is 5.92 Å². The first-order valence-corrected chi connectivity index (χ1v) is 7.74. The maximum Gasteiger partial charge on any atom is 0.131 e. The van der Waals surface area contributed by atoms with Crippen LogP contribution in [-0.2, 0) is 0 Å². The Hall–Kier alpha value is -3.14. The number of nitrogens with two attached hydrogens (primary N) is 3. The number of nitrogens with zero attached hydrogens (tertiary/aromatic N) is 3. The predicted molar refractivity (Wildman–Crippen MR) is 92.9 cm³/mol. The molecule has 1 heterocycles. The maximum absolute atomic E-state index is 11.0. The lowest BCUT2D eigenvalue weighted by Crippen LogP contribution is -2.30. The van der Waals surface area contributed by atoms with E-state index in [1.165, 1.54) is 12.3 Å². The number of nitriles is 1. The van der Waals surface area contributed by atoms with Crippen molar-refractivity contribution in [2.45, 2.75) is 25.2 Å². The SMILES string of the molecule is N#CC1=C(C2CCC2)N=C(N)/C(=C\N)C1c1cccc(N=O)c1N. The quantitative estimate of drug-likeness (QED) is 0.578. The van der Waals surface area contributed by atoms with E-state index in [0.29, 0.717) is 22.4 Å². The number of nitroso groups, excluding NO2 is 1. The standard InChI is InChI=1S/C17H18N6O/c18-7-11-14(10-5-2-6-13(23-24)15(10)20)12(8-19)17(21)22-16(11)9-3-1-4-9/h2,5-6,8-9,14H,1,3-4,19-20H2,(H2,21,22)/b12-8-. The molecule has 1 aromatic carbocycles. The number of allylic oxidation sites excluding steroid dienone is 2. The predicted octanol–water partition coefficient (Wildman–Crippen LogP) is 2.54. The van der Waals surface area contributed by atoms with Crippen LogP contribution in [0.15, 0.2) is 51.4 Å². The number of amidine groups is 1. The molecule has 0 aromatic heterocycles. The highest BCUT2D eigenvalue weighted by molar-refractivity contribution is 6.01. The van der Waals surface area contributed by atoms with Crippen LogP contribution in [0, 0.1) is 22.2 Å². The molecule has 1 fully saturated rings. The van der Waals surface area contributed by atoms with Crippen molar-refractivity contribution in [3.63, 3.8) is 0 Å². The lowest BCUT2D eigenvalue weighted by Gasteiger charge is -2.33. The summed E-state index contributed by atoms with van der Waals surface area (Å²) in [5, 5.41) is 12.7. The molecular formula is C17H18N6O. The first kappa shape index (κ1) is 15.7. The monoisotopic (exact) mass is 322 g/mol. The topological polar surface area (TPSA) is 144 Å². The fraction of sp³-hybridized carbons (Fsp3) is 0.294. The Balaban J connectivity index is 2.23. The van der Waals surface area contributed by atoms with Crippen LogP contribution in [0.2, 0.25) is 0 Å². The van der Waals surface area contributed by atoms with Crippen molar-refractivity contribution in [3.8, 4) is 6.07 Å². The molecule has 7 nitrogen and oxygen atoms in total. The van der Waals surface area contributed by atoms with E-state index in [4.69, 9.17) is 17.2 Å². The van der Waals surface area contributed by atoms with Crippen LogP contribution in [0.4, 0.5) is 11.4 Å². The molecule has 24 heavy (non-hydrogen) atoms. The van der Waals surface area contributed by atoms with Gasteiger partial charge < -0.3 is 17.2 Å². The van der Waals surface area contributed by atoms with Crippen molar-refractivity contribution < 1.29 is 0 Å². The average Bonchev–Trinajstić information content (AvgIpc) is 2.53. The Labute approximate surface area is 139 Å². The molecule has 0 spiro atoms. The van der Waals surface area contributed by atoms with Crippen LogP contribution in [0.5, 0.6) is 0 Å². The van der Waals surface area contributed by atoms with Gasteiger partial charge in [-0.15, -0.1) is 4.91 Å². The van der Waals surface area contributed by atoms with Crippen molar-refractivity contribution in [2.75, 3.05) is 5.73 Å². The highest BCUT2D eigenvalue weighted by Gasteiger charge is 2.36. The van der Waals surface area contributed by atoms with Gasteiger partial charge in [0.2, 0.25) is 0 Å². The summed E-state index contributed by atoms with van der Waals surface area (Å²) in [5.41, 5.74) is 20.6. The largest absolute Gasteiger partial charge is 0.404 e. The number of hydrogen-bond donors (Lipinski definition) is 3. The molecule has 1 aliphatic carbocycles. The van der Waals surface area contributed by atoms with Gasteiger partial charge in [-0.3, -0.25) is 0 Å². The second kappa shape index (κ2) is 6.16. The van der Waals surface area contributed by atoms with Crippen molar-refractivity contribution >= 4 is 17.2 Å². The Morgan fingerprint density at radius 1 is 1.33 bits per heavy atom. The molecule has 0 saturated heterocycles. The Kier molecular flexibility index (Phi) is 4.04. The van der Waals surface area contributed by atoms with Crippen LogP contribution < -0.4 is 17.2 Å². The summed E-state index contributed by atoms with van der Waals surface area (Å²) in [6.45, 7) is 0. The zero-order valence-electron chi connectivity index (χ0n) is 13.1. The first-order valence-electron chi connectivity index (χ1n) is 7.74. The molecule has 122 valence electrons. The van der Waals surface area contributed by atoms with E-state index in [1.807, 2.05) is 0 Å². The molecule has 7 heteroatoms. The van der Waals surface area contributed by atoms with Gasteiger partial charge in [-0.25, -0.2) is 4.99 Å². The second-order valence-corrected chi connectivity index (χ2v) is 5.96. The van der Waals surface area contributed by atoms with Crippen LogP contribution in [-0.4, -0.2) is 5.84 Å². The van der Waals surface area contributed by atoms with Crippen LogP contribution in [0.25, 0.3) is 0 Å². The highest BCUT2D eigenvalue weighted by Crippen LogP contribution is 2.46. The number of aliphatic imine (C=N–C) groups is 1. The van der Waals surface area contributed by atoms with Gasteiger partial charge in [0.25, 0.3) is 0 Å². The van der Waals surface area contributed by atoms with Gasteiger partial charge in [0.1, 0.15) is 11.5 Å². The zero-order valence-corrected chi connectivity index (χ0v) is 13.1. The van der Waals surface area contributed by atoms with Gasteiger partial charge in [-0.05, 0) is 29.6 Å². The summed E-state index contributed by atoms with van der Waals surface area (Å²) >= 11 is 0. The fourth-order valence-electron chi connectivity index (χ4n) is 3.23. The third kappa shape index (κ3) is 2.33. The number of nitrogen functional groups attached to an aromatic ring is 1. The molecule has 1 atom stereocenters. The van der Waals surface area contributed by atoms with Crippen molar-refractivity contribution in [1.29, 1.82) is 5.26 Å². The van der Waals surface area contributed by atoms with E-state index in [-0.39, 0.29) is 23.1 Å². The minimum absolute atomic E-state index is 0.132. The lowest BCUT2D eigenvalue weighted by molar-refractivity contribution is 0.362. The summed E-state index contributed by atoms with van der Waals surface area (Å²) in [5.74, 6) is -0.0179. The Bertz CT molecular complexity index is 826. The van der Waals surface area contributed by atoms with Gasteiger partial charge in [-0.2, -0.15) is 5.26 Å². The number of benzene rings is 1. The van der Waals surface area contributed by atoms with Crippen molar-refractivity contribution in [3.05, 3.63) is 51.7 Å². The minimum atomic E-state index is -0.533. The van der Waals surface area contributed by atoms with E-state index in [1.54, 1.807) is 12.1 Å². The van der Waals surface area contributed by atoms with Crippen molar-refractivity contribution in [1.82, 2.24) is 0 Å². The molecule has 6 N–H and O–H groups in total. The van der Waals surface area contributed by atoms with E-state index in [0.717, 1.165) is 19.3 Å². The van der Waals surface area contributed by atoms with E-state index >= 15 is 0 Å². The molecule has 1 saturated carbocycles. The molecule has 1 aromatic rings. The number of anilines is 1. The summed E-state index contributed by atoms with van der Waals surface area (Å²) in [4.78, 5) is 15.4. The van der Waals surface area contributed by atoms with Gasteiger partial charge >= 0.3 is 0 Å². The molecular weight excluding hydrogens is 304 g/mol. The lowest BCUT2D eigenvalue weighted by atomic mass is 9.74. The van der Waals surface area contributed by atoms with Crippen LogP contribution in [0.1, 0.15) is 30.7 Å². The Morgan fingerprint density at radius 3 is 2.62 bits per heavy atom. The third-order valence-corrected chi connectivity index (χ3v) is 4.73. The van der Waals surface area contributed by atoms with Gasteiger partial charge in [0.15, 0.2) is 0 Å². The summed E-state index contributed by atoms with van der Waals surface area (Å²) in [7, 11) is 0. The molecule has 0 amide bonds. The molecule has 1 unspecified atom stereocenters. The van der Waals surface area contributed by atoms with Crippen LogP contribution >= 0.6 is 0 Å². The average molecular weight is 322 g/mol. The number of hydrogen-bond acceptors (Lipinski definition) is 7. The summed E-state index contributed by atoms with van der Waals surface area (Å²) in [6.07, 6.45) is 4.42. The smallest absolute Gasteiger partial charge is 0.131 e. The van der Waals surface area contributed by atoms with Gasteiger partial charge in [0, 0.05) is 17.7 Å². The Morgan fingerprint density at radius 2 is 2.08 bits per heavy atom. The zero-order chi connectivity index (χ0) is 17.3.